The molecule has 0 saturated heterocycles. The summed E-state index contributed by atoms with van der Waals surface area (Å²) in [4.78, 5) is 14.3. The maximum atomic E-state index is 12.9. The molecule has 0 saturated carbocycles. The predicted molar refractivity (Wildman–Crippen MR) is 128 cm³/mol. The molecule has 168 valence electrons. The van der Waals surface area contributed by atoms with Crippen molar-refractivity contribution in [2.75, 3.05) is 24.9 Å². The highest BCUT2D eigenvalue weighted by molar-refractivity contribution is 14.1. The van der Waals surface area contributed by atoms with Crippen LogP contribution >= 0.6 is 22.6 Å². The van der Waals surface area contributed by atoms with Crippen LogP contribution in [0, 0.1) is 3.57 Å². The van der Waals surface area contributed by atoms with Gasteiger partial charge in [0.2, 0.25) is 0 Å². The van der Waals surface area contributed by atoms with E-state index in [1.165, 1.54) is 7.11 Å². The fraction of sp³-hybridized carbons (Fsp3) is 0.409. The zero-order valence-corrected chi connectivity index (χ0v) is 21.0. The Labute approximate surface area is 197 Å². The number of carbonyl (C=O) groups is 1. The summed E-state index contributed by atoms with van der Waals surface area (Å²) in [5.74, 6) is 0.443. The van der Waals surface area contributed by atoms with Crippen molar-refractivity contribution in [2.45, 2.75) is 44.1 Å². The lowest BCUT2D eigenvalue weighted by molar-refractivity contribution is 0.0258. The number of benzene rings is 2. The quantitative estimate of drug-likeness (QED) is 0.562. The van der Waals surface area contributed by atoms with Gasteiger partial charge in [-0.1, -0.05) is 0 Å². The Morgan fingerprint density at radius 2 is 1.65 bits per heavy atom. The molecule has 0 bridgehead atoms. The van der Waals surface area contributed by atoms with Gasteiger partial charge in [0.05, 0.1) is 17.7 Å². The number of hydrogen-bond acceptors (Lipinski definition) is 5. The average Bonchev–Trinajstić information content (AvgIpc) is 2.88. The Hall–Kier alpha value is -2.01. The molecule has 9 heteroatoms. The van der Waals surface area contributed by atoms with Crippen LogP contribution in [0.15, 0.2) is 41.3 Å². The van der Waals surface area contributed by atoms with Gasteiger partial charge in [0, 0.05) is 16.7 Å². The molecule has 2 aromatic carbocycles. The lowest BCUT2D eigenvalue weighted by Crippen LogP contribution is -2.38. The molecule has 0 unspecified atom stereocenters. The fourth-order valence-corrected chi connectivity index (χ4v) is 4.75. The van der Waals surface area contributed by atoms with Crippen molar-refractivity contribution in [3.05, 3.63) is 51.1 Å². The molecule has 3 rings (SSSR count). The van der Waals surface area contributed by atoms with E-state index in [9.17, 15) is 13.2 Å². The molecule has 2 aromatic rings. The summed E-state index contributed by atoms with van der Waals surface area (Å²) in [6.07, 6.45) is 0.887. The van der Waals surface area contributed by atoms with E-state index < -0.39 is 15.6 Å². The zero-order chi connectivity index (χ0) is 22.8. The molecule has 1 N–H and O–H groups in total. The highest BCUT2D eigenvalue weighted by Gasteiger charge is 2.25. The predicted octanol–water partition coefficient (Wildman–Crippen LogP) is 4.44. The second-order valence-electron chi connectivity index (χ2n) is 8.35. The van der Waals surface area contributed by atoms with E-state index in [4.69, 9.17) is 9.47 Å². The van der Waals surface area contributed by atoms with Gasteiger partial charge in [-0.3, -0.25) is 4.72 Å². The Kier molecular flexibility index (Phi) is 7.04. The lowest BCUT2D eigenvalue weighted by Gasteiger charge is -2.26. The van der Waals surface area contributed by atoms with Gasteiger partial charge < -0.3 is 14.4 Å². The maximum absolute atomic E-state index is 12.9. The van der Waals surface area contributed by atoms with Crippen LogP contribution in [0.3, 0.4) is 0 Å². The monoisotopic (exact) mass is 558 g/mol. The molecule has 1 aliphatic heterocycles. The number of methoxy groups -OCH3 is 1. The van der Waals surface area contributed by atoms with Crippen molar-refractivity contribution >= 4 is 44.4 Å². The van der Waals surface area contributed by atoms with Crippen LogP contribution in [-0.2, 0) is 27.6 Å². The van der Waals surface area contributed by atoms with E-state index in [0.717, 1.165) is 14.7 Å². The number of anilines is 1. The van der Waals surface area contributed by atoms with Crippen LogP contribution in [0.1, 0.15) is 31.9 Å². The summed E-state index contributed by atoms with van der Waals surface area (Å²) in [6.45, 7) is 6.55. The zero-order valence-electron chi connectivity index (χ0n) is 18.1. The van der Waals surface area contributed by atoms with Gasteiger partial charge in [0.1, 0.15) is 11.4 Å². The van der Waals surface area contributed by atoms with Crippen LogP contribution in [0.5, 0.6) is 5.75 Å². The first-order valence-corrected chi connectivity index (χ1v) is 12.5. The standard InChI is InChI=1S/C22H27IN2O5S/c1-22(2,3)30-21(26)25-11-9-15-13-19(20(29-4)14-16(15)10-12-25)24-31(27,28)18-7-5-17(23)6-8-18/h5-8,13-14,24H,9-12H2,1-4H3. The third-order valence-electron chi connectivity index (χ3n) is 4.84. The van der Waals surface area contributed by atoms with Crippen molar-refractivity contribution < 1.29 is 22.7 Å². The number of nitrogens with one attached hydrogen (secondary N) is 1. The average molecular weight is 558 g/mol. The number of carbonyl (C=O) groups excluding carboxylic acids is 1. The van der Waals surface area contributed by atoms with Crippen LogP contribution in [0.2, 0.25) is 0 Å². The minimum absolute atomic E-state index is 0.181. The summed E-state index contributed by atoms with van der Waals surface area (Å²) in [7, 11) is -2.25. The number of amides is 1. The van der Waals surface area contributed by atoms with Crippen molar-refractivity contribution in [2.24, 2.45) is 0 Å². The van der Waals surface area contributed by atoms with Gasteiger partial charge in [-0.15, -0.1) is 0 Å². The van der Waals surface area contributed by atoms with Crippen molar-refractivity contribution in [1.29, 1.82) is 0 Å². The summed E-state index contributed by atoms with van der Waals surface area (Å²) in [6, 6.07) is 10.3. The Bertz CT molecular complexity index is 1060. The minimum atomic E-state index is -3.76. The molecule has 0 aromatic heterocycles. The first kappa shape index (κ1) is 23.6. The maximum Gasteiger partial charge on any atom is 0.410 e. The van der Waals surface area contributed by atoms with Crippen molar-refractivity contribution in [3.8, 4) is 5.75 Å². The van der Waals surface area contributed by atoms with E-state index in [2.05, 4.69) is 27.3 Å². The molecule has 0 spiro atoms. The summed E-state index contributed by atoms with van der Waals surface area (Å²) in [5, 5.41) is 0. The Morgan fingerprint density at radius 3 is 2.19 bits per heavy atom. The van der Waals surface area contributed by atoms with Crippen molar-refractivity contribution in [3.63, 3.8) is 0 Å². The molecule has 0 radical (unpaired) electrons. The van der Waals surface area contributed by atoms with Crippen LogP contribution in [0.25, 0.3) is 0 Å². The van der Waals surface area contributed by atoms with E-state index >= 15 is 0 Å². The number of sulfonamides is 1. The van der Waals surface area contributed by atoms with Gasteiger partial charge in [-0.25, -0.2) is 13.2 Å². The van der Waals surface area contributed by atoms with Gasteiger partial charge >= 0.3 is 6.09 Å². The highest BCUT2D eigenvalue weighted by atomic mass is 127. The normalized spacial score (nSPS) is 14.4. The lowest BCUT2D eigenvalue weighted by atomic mass is 10.0. The number of rotatable bonds is 4. The number of fused-ring (bicyclic) bond motifs is 1. The van der Waals surface area contributed by atoms with Crippen LogP contribution in [0.4, 0.5) is 10.5 Å². The van der Waals surface area contributed by atoms with Gasteiger partial charge in [0.25, 0.3) is 10.0 Å². The van der Waals surface area contributed by atoms with Gasteiger partial charge in [-0.05, 0) is 104 Å². The smallest absolute Gasteiger partial charge is 0.410 e. The van der Waals surface area contributed by atoms with Crippen LogP contribution < -0.4 is 9.46 Å². The van der Waals surface area contributed by atoms with E-state index in [0.29, 0.717) is 37.4 Å². The highest BCUT2D eigenvalue weighted by Crippen LogP contribution is 2.32. The number of ether oxygens (including phenoxy) is 2. The Balaban J connectivity index is 1.84. The van der Waals surface area contributed by atoms with Gasteiger partial charge in [0.15, 0.2) is 0 Å². The first-order valence-electron chi connectivity index (χ1n) is 9.94. The van der Waals surface area contributed by atoms with E-state index in [1.54, 1.807) is 35.2 Å². The number of nitrogens with zero attached hydrogens (tertiary/aromatic N) is 1. The molecule has 1 amide bonds. The third kappa shape index (κ3) is 6.03. The SMILES string of the molecule is COc1cc2c(cc1NS(=O)(=O)c1ccc(I)cc1)CCN(C(=O)OC(C)(C)C)CC2. The molecular formula is C22H27IN2O5S. The second-order valence-corrected chi connectivity index (χ2v) is 11.3. The first-order chi connectivity index (χ1) is 14.5. The molecule has 7 nitrogen and oxygen atoms in total. The molecule has 0 fully saturated rings. The molecular weight excluding hydrogens is 531 g/mol. The minimum Gasteiger partial charge on any atom is -0.495 e. The molecule has 1 heterocycles. The molecule has 31 heavy (non-hydrogen) atoms. The third-order valence-corrected chi connectivity index (χ3v) is 6.94. The number of hydrogen-bond donors (Lipinski definition) is 1. The molecule has 0 aliphatic carbocycles. The number of halogens is 1. The molecule has 0 atom stereocenters. The van der Waals surface area contributed by atoms with Crippen molar-refractivity contribution in [1.82, 2.24) is 4.90 Å². The topological polar surface area (TPSA) is 84.9 Å². The van der Waals surface area contributed by atoms with E-state index in [-0.39, 0.29) is 11.0 Å². The molecule has 1 aliphatic rings. The fourth-order valence-electron chi connectivity index (χ4n) is 3.33. The summed E-state index contributed by atoms with van der Waals surface area (Å²) >= 11 is 2.13. The van der Waals surface area contributed by atoms with Gasteiger partial charge in [-0.2, -0.15) is 0 Å². The second kappa shape index (κ2) is 9.23. The summed E-state index contributed by atoms with van der Waals surface area (Å²) in [5.41, 5.74) is 1.83. The van der Waals surface area contributed by atoms with Crippen LogP contribution in [-0.4, -0.2) is 45.2 Å². The largest absolute Gasteiger partial charge is 0.495 e. The summed E-state index contributed by atoms with van der Waals surface area (Å²) < 4.78 is 40.3. The Morgan fingerprint density at radius 1 is 1.06 bits per heavy atom. The van der Waals surface area contributed by atoms with E-state index in [1.807, 2.05) is 26.8 Å².